The summed E-state index contributed by atoms with van der Waals surface area (Å²) in [5.74, 6) is 0.769. The molecule has 0 bridgehead atoms. The number of fused-ring (bicyclic) bond motifs is 1. The fourth-order valence-electron chi connectivity index (χ4n) is 2.42. The fourth-order valence-corrected chi connectivity index (χ4v) is 3.36. The van der Waals surface area contributed by atoms with Gasteiger partial charge in [-0.1, -0.05) is 35.5 Å². The number of aromatic amines is 1. The van der Waals surface area contributed by atoms with Crippen LogP contribution in [-0.2, 0) is 4.79 Å². The van der Waals surface area contributed by atoms with Gasteiger partial charge in [0.15, 0.2) is 6.04 Å². The largest absolute Gasteiger partial charge is 0.340 e. The number of imidazole rings is 1. The van der Waals surface area contributed by atoms with E-state index in [2.05, 4.69) is 25.2 Å². The summed E-state index contributed by atoms with van der Waals surface area (Å²) in [5, 5.41) is 9.89. The highest BCUT2D eigenvalue weighted by Gasteiger charge is 2.27. The number of nitrogens with zero attached hydrogens (tertiary/aromatic N) is 4. The molecule has 0 saturated heterocycles. The lowest BCUT2D eigenvalue weighted by Crippen LogP contribution is -2.06. The number of halogens is 1. The Kier molecular flexibility index (Phi) is 4.33. The quantitative estimate of drug-likeness (QED) is 0.676. The van der Waals surface area contributed by atoms with Crippen LogP contribution in [0.2, 0.25) is 5.02 Å². The molecule has 1 N–H and O–H groups in total. The van der Waals surface area contributed by atoms with Crippen molar-refractivity contribution in [3.63, 3.8) is 0 Å². The molecule has 0 aliphatic carbocycles. The van der Waals surface area contributed by atoms with Gasteiger partial charge in [0.1, 0.15) is 10.9 Å². The minimum absolute atomic E-state index is 0.164. The van der Waals surface area contributed by atoms with Crippen LogP contribution < -0.4 is 0 Å². The van der Waals surface area contributed by atoms with Gasteiger partial charge in [0.25, 0.3) is 5.91 Å². The minimum Gasteiger partial charge on any atom is -0.340 e. The first kappa shape index (κ1) is 16.0. The number of carbonyl (C=O) groups is 1. The van der Waals surface area contributed by atoms with Crippen LogP contribution in [0.25, 0.3) is 11.0 Å². The predicted molar refractivity (Wildman–Crippen MR) is 99.7 cm³/mol. The Bertz CT molecular complexity index is 963. The zero-order valence-corrected chi connectivity index (χ0v) is 14.5. The van der Waals surface area contributed by atoms with E-state index >= 15 is 0 Å². The number of benzene rings is 2. The number of para-hydroxylation sites is 2. The van der Waals surface area contributed by atoms with Crippen LogP contribution in [0.3, 0.4) is 0 Å². The van der Waals surface area contributed by atoms with Crippen molar-refractivity contribution in [3.05, 3.63) is 59.4 Å². The van der Waals surface area contributed by atoms with Gasteiger partial charge in [-0.25, -0.2) is 9.98 Å². The molecule has 6 nitrogen and oxygen atoms in total. The molecule has 1 aliphatic rings. The lowest BCUT2D eigenvalue weighted by atomic mass is 10.3. The molecule has 25 heavy (non-hydrogen) atoms. The molecule has 2 aromatic carbocycles. The summed E-state index contributed by atoms with van der Waals surface area (Å²) in [7, 11) is 0. The monoisotopic (exact) mass is 369 g/mol. The fraction of sp³-hybridized carbons (Fsp3) is 0.118. The molecule has 0 unspecified atom stereocenters. The number of aliphatic imine (C=N–C) groups is 1. The van der Waals surface area contributed by atoms with Crippen LogP contribution in [-0.4, -0.2) is 26.7 Å². The second-order valence-electron chi connectivity index (χ2n) is 5.37. The van der Waals surface area contributed by atoms with E-state index in [4.69, 9.17) is 11.6 Å². The van der Waals surface area contributed by atoms with Gasteiger partial charge in [-0.2, -0.15) is 10.2 Å². The second kappa shape index (κ2) is 6.78. The van der Waals surface area contributed by atoms with Crippen molar-refractivity contribution in [3.8, 4) is 0 Å². The van der Waals surface area contributed by atoms with E-state index < -0.39 is 6.04 Å². The summed E-state index contributed by atoms with van der Waals surface area (Å²) in [4.78, 5) is 23.4. The molecule has 1 aliphatic heterocycles. The van der Waals surface area contributed by atoms with Crippen molar-refractivity contribution in [2.45, 2.75) is 6.04 Å². The molecule has 0 fully saturated rings. The van der Waals surface area contributed by atoms with Gasteiger partial charge in [0, 0.05) is 5.02 Å². The number of azo groups is 1. The van der Waals surface area contributed by atoms with E-state index in [1.165, 1.54) is 11.8 Å². The summed E-state index contributed by atoms with van der Waals surface area (Å²) in [6.07, 6.45) is 0. The van der Waals surface area contributed by atoms with Gasteiger partial charge >= 0.3 is 0 Å². The molecule has 0 saturated carbocycles. The van der Waals surface area contributed by atoms with Crippen molar-refractivity contribution in [2.24, 2.45) is 15.2 Å². The van der Waals surface area contributed by atoms with Gasteiger partial charge in [0.05, 0.1) is 22.5 Å². The molecule has 8 heteroatoms. The summed E-state index contributed by atoms with van der Waals surface area (Å²) in [6, 6.07) is 14.2. The third kappa shape index (κ3) is 3.47. The zero-order chi connectivity index (χ0) is 17.2. The molecule has 3 aromatic rings. The van der Waals surface area contributed by atoms with Crippen LogP contribution in [0.5, 0.6) is 0 Å². The van der Waals surface area contributed by atoms with Gasteiger partial charge in [-0.05, 0) is 36.4 Å². The molecule has 4 rings (SSSR count). The Morgan fingerprint density at radius 3 is 2.68 bits per heavy atom. The molecule has 0 radical (unpaired) electrons. The van der Waals surface area contributed by atoms with Crippen molar-refractivity contribution >= 4 is 51.0 Å². The number of carbonyl (C=O) groups excluding carboxylic acids is 1. The molecule has 124 valence electrons. The van der Waals surface area contributed by atoms with Gasteiger partial charge in [-0.3, -0.25) is 4.79 Å². The van der Waals surface area contributed by atoms with Crippen LogP contribution in [0.4, 0.5) is 5.69 Å². The SMILES string of the molecule is O=C1CSC([C@@H](N=Nc2ccc(Cl)cc2)c2nc3ccccc3[nH]2)=N1. The number of aromatic nitrogens is 2. The highest BCUT2D eigenvalue weighted by molar-refractivity contribution is 8.15. The lowest BCUT2D eigenvalue weighted by Gasteiger charge is -2.07. The van der Waals surface area contributed by atoms with Gasteiger partial charge in [0.2, 0.25) is 0 Å². The summed E-state index contributed by atoms with van der Waals surface area (Å²) < 4.78 is 0. The minimum atomic E-state index is -0.542. The topological polar surface area (TPSA) is 82.8 Å². The van der Waals surface area contributed by atoms with E-state index in [0.717, 1.165) is 11.0 Å². The third-order valence-electron chi connectivity index (χ3n) is 3.59. The summed E-state index contributed by atoms with van der Waals surface area (Å²) in [5.41, 5.74) is 2.40. The highest BCUT2D eigenvalue weighted by Crippen LogP contribution is 2.30. The van der Waals surface area contributed by atoms with Crippen LogP contribution >= 0.6 is 23.4 Å². The normalized spacial score (nSPS) is 15.9. The Balaban J connectivity index is 1.72. The average molecular weight is 370 g/mol. The second-order valence-corrected chi connectivity index (χ2v) is 6.80. The van der Waals surface area contributed by atoms with Crippen molar-refractivity contribution in [1.29, 1.82) is 0 Å². The smallest absolute Gasteiger partial charge is 0.256 e. The summed E-state index contributed by atoms with van der Waals surface area (Å²) in [6.45, 7) is 0. The first-order valence-corrected chi connectivity index (χ1v) is 8.91. The number of rotatable bonds is 4. The Morgan fingerprint density at radius 2 is 1.96 bits per heavy atom. The Morgan fingerprint density at radius 1 is 1.16 bits per heavy atom. The number of H-pyrrole nitrogens is 1. The maximum atomic E-state index is 11.5. The number of nitrogens with one attached hydrogen (secondary N) is 1. The standard InChI is InChI=1S/C17H12ClN5OS/c18-10-5-7-11(8-6-10)22-23-15(17-21-14(24)9-25-17)16-19-12-3-1-2-4-13(12)20-16/h1-8,15H,9H2,(H,19,20)/t15-/m0/s1. The van der Waals surface area contributed by atoms with E-state index in [1.807, 2.05) is 24.3 Å². The predicted octanol–water partition coefficient (Wildman–Crippen LogP) is 4.71. The van der Waals surface area contributed by atoms with Crippen molar-refractivity contribution in [2.75, 3.05) is 5.75 Å². The van der Waals surface area contributed by atoms with E-state index in [9.17, 15) is 4.79 Å². The van der Waals surface area contributed by atoms with E-state index in [-0.39, 0.29) is 5.91 Å². The number of hydrogen-bond acceptors (Lipinski definition) is 5. The van der Waals surface area contributed by atoms with Crippen LogP contribution in [0.1, 0.15) is 11.9 Å². The number of hydrogen-bond donors (Lipinski definition) is 1. The van der Waals surface area contributed by atoms with Crippen LogP contribution in [0.15, 0.2) is 63.8 Å². The zero-order valence-electron chi connectivity index (χ0n) is 12.9. The van der Waals surface area contributed by atoms with E-state index in [1.54, 1.807) is 24.3 Å². The number of thioether (sulfide) groups is 1. The van der Waals surface area contributed by atoms with Gasteiger partial charge in [-0.15, -0.1) is 0 Å². The number of amides is 1. The lowest BCUT2D eigenvalue weighted by molar-refractivity contribution is -0.115. The Hall–Kier alpha value is -2.51. The van der Waals surface area contributed by atoms with Crippen molar-refractivity contribution in [1.82, 2.24) is 9.97 Å². The first-order chi connectivity index (χ1) is 12.2. The maximum Gasteiger partial charge on any atom is 0.256 e. The molecule has 0 spiro atoms. The molecule has 1 aromatic heterocycles. The summed E-state index contributed by atoms with van der Waals surface area (Å²) >= 11 is 7.25. The Labute approximate surface area is 152 Å². The highest BCUT2D eigenvalue weighted by atomic mass is 35.5. The molecule has 2 heterocycles. The van der Waals surface area contributed by atoms with E-state index in [0.29, 0.717) is 27.3 Å². The van der Waals surface area contributed by atoms with Crippen LogP contribution in [0, 0.1) is 0 Å². The first-order valence-electron chi connectivity index (χ1n) is 7.54. The molecule has 1 atom stereocenters. The molecule has 1 amide bonds. The van der Waals surface area contributed by atoms with Crippen molar-refractivity contribution < 1.29 is 4.79 Å². The maximum absolute atomic E-state index is 11.5. The third-order valence-corrected chi connectivity index (χ3v) is 4.85. The molecular formula is C17H12ClN5OS. The van der Waals surface area contributed by atoms with Gasteiger partial charge < -0.3 is 4.98 Å². The molecular weight excluding hydrogens is 358 g/mol. The average Bonchev–Trinajstić information content (AvgIpc) is 3.23.